The average Bonchev–Trinajstić information content (AvgIpc) is 2.38. The van der Waals surface area contributed by atoms with Gasteiger partial charge in [0.25, 0.3) is 5.56 Å². The normalized spacial score (nSPS) is 11.1. The van der Waals surface area contributed by atoms with Crippen LogP contribution in [0.15, 0.2) is 28.0 Å². The van der Waals surface area contributed by atoms with E-state index in [1.165, 1.54) is 20.2 Å². The highest BCUT2D eigenvalue weighted by Crippen LogP contribution is 2.10. The van der Waals surface area contributed by atoms with E-state index in [-0.39, 0.29) is 18.0 Å². The predicted octanol–water partition coefficient (Wildman–Crippen LogP) is -1.15. The lowest BCUT2D eigenvalue weighted by Crippen LogP contribution is -2.33. The van der Waals surface area contributed by atoms with E-state index in [1.807, 2.05) is 0 Å². The fourth-order valence-corrected chi connectivity index (χ4v) is 2.28. The molecule has 20 heavy (non-hydrogen) atoms. The third-order valence-corrected chi connectivity index (χ3v) is 4.24. The van der Waals surface area contributed by atoms with Gasteiger partial charge in [-0.25, -0.2) is 12.7 Å². The van der Waals surface area contributed by atoms with Crippen LogP contribution in [0.5, 0.6) is 0 Å². The van der Waals surface area contributed by atoms with Gasteiger partial charge in [0.2, 0.25) is 15.9 Å². The van der Waals surface area contributed by atoms with Crippen molar-refractivity contribution in [1.82, 2.24) is 14.2 Å². The monoisotopic (exact) mass is 297 g/mol. The van der Waals surface area contributed by atoms with Crippen LogP contribution in [0.2, 0.25) is 0 Å². The van der Waals surface area contributed by atoms with Crippen LogP contribution in [0.25, 0.3) is 0 Å². The summed E-state index contributed by atoms with van der Waals surface area (Å²) in [4.78, 5) is 23.0. The number of nitrogens with zero attached hydrogens (tertiary/aromatic N) is 2. The molecule has 0 fully saturated rings. The highest BCUT2D eigenvalue weighted by atomic mass is 32.2. The van der Waals surface area contributed by atoms with Crippen molar-refractivity contribution in [1.29, 1.82) is 0 Å². The zero-order valence-corrected chi connectivity index (χ0v) is 12.0. The Bertz CT molecular complexity index is 698. The molecule has 1 aromatic heterocycles. The Morgan fingerprint density at radius 3 is 2.65 bits per heavy atom. The Morgan fingerprint density at radius 1 is 1.45 bits per heavy atom. The zero-order valence-electron chi connectivity index (χ0n) is 11.2. The van der Waals surface area contributed by atoms with E-state index in [9.17, 15) is 18.0 Å². The van der Waals surface area contributed by atoms with Gasteiger partial charge in [-0.3, -0.25) is 9.59 Å². The number of carbonyl (C=O) groups is 1. The van der Waals surface area contributed by atoms with E-state index in [1.54, 1.807) is 0 Å². The third-order valence-electron chi connectivity index (χ3n) is 2.44. The van der Waals surface area contributed by atoms with Crippen LogP contribution in [0.3, 0.4) is 0 Å². The molecule has 0 aliphatic rings. The molecule has 0 aromatic carbocycles. The maximum absolute atomic E-state index is 11.9. The van der Waals surface area contributed by atoms with Gasteiger partial charge in [-0.05, 0) is 6.07 Å². The summed E-state index contributed by atoms with van der Waals surface area (Å²) in [5.74, 6) is 1.76. The van der Waals surface area contributed by atoms with Gasteiger partial charge in [-0.15, -0.1) is 6.42 Å². The first kappa shape index (κ1) is 15.9. The molecule has 0 saturated carbocycles. The van der Waals surface area contributed by atoms with Crippen LogP contribution >= 0.6 is 0 Å². The van der Waals surface area contributed by atoms with Crippen molar-refractivity contribution >= 4 is 15.9 Å². The predicted molar refractivity (Wildman–Crippen MR) is 73.4 cm³/mol. The molecule has 0 atom stereocenters. The van der Waals surface area contributed by atoms with Gasteiger partial charge in [0.15, 0.2) is 0 Å². The highest BCUT2D eigenvalue weighted by Gasteiger charge is 2.18. The van der Waals surface area contributed by atoms with Crippen molar-refractivity contribution in [2.24, 2.45) is 0 Å². The summed E-state index contributed by atoms with van der Waals surface area (Å²) in [6, 6.07) is 2.30. The van der Waals surface area contributed by atoms with Crippen LogP contribution in [-0.4, -0.2) is 43.8 Å². The fourth-order valence-electron chi connectivity index (χ4n) is 1.36. The van der Waals surface area contributed by atoms with Crippen LogP contribution in [-0.2, 0) is 21.4 Å². The van der Waals surface area contributed by atoms with Gasteiger partial charge in [-0.2, -0.15) is 0 Å². The first-order valence-electron chi connectivity index (χ1n) is 5.62. The summed E-state index contributed by atoms with van der Waals surface area (Å²) in [6.45, 7) is -0.249. The molecule has 0 bridgehead atoms. The molecule has 1 heterocycles. The second-order valence-electron chi connectivity index (χ2n) is 4.10. The number of amides is 1. The van der Waals surface area contributed by atoms with Gasteiger partial charge in [0.05, 0.1) is 11.4 Å². The minimum Gasteiger partial charge on any atom is -0.344 e. The van der Waals surface area contributed by atoms with E-state index >= 15 is 0 Å². The van der Waals surface area contributed by atoms with Gasteiger partial charge in [0.1, 0.15) is 6.54 Å². The third kappa shape index (κ3) is 3.69. The number of carbonyl (C=O) groups excluding carboxylic acids is 1. The second kappa shape index (κ2) is 6.36. The lowest BCUT2D eigenvalue weighted by molar-refractivity contribution is -0.121. The number of hydrogen-bond donors (Lipinski definition) is 1. The molecule has 108 valence electrons. The van der Waals surface area contributed by atoms with Crippen molar-refractivity contribution in [2.75, 3.05) is 20.6 Å². The number of nitrogens with one attached hydrogen (secondary N) is 1. The highest BCUT2D eigenvalue weighted by molar-refractivity contribution is 7.89. The molecule has 0 aliphatic carbocycles. The summed E-state index contributed by atoms with van der Waals surface area (Å²) >= 11 is 0. The van der Waals surface area contributed by atoms with Crippen molar-refractivity contribution < 1.29 is 13.2 Å². The summed E-state index contributed by atoms with van der Waals surface area (Å²) in [6.07, 6.45) is 6.13. The Balaban J connectivity index is 3.08. The Morgan fingerprint density at radius 2 is 2.10 bits per heavy atom. The van der Waals surface area contributed by atoms with Crippen molar-refractivity contribution in [3.05, 3.63) is 28.7 Å². The van der Waals surface area contributed by atoms with Gasteiger partial charge >= 0.3 is 0 Å². The summed E-state index contributed by atoms with van der Waals surface area (Å²) in [5, 5.41) is 2.39. The van der Waals surface area contributed by atoms with Crippen LogP contribution in [0.1, 0.15) is 0 Å². The quantitative estimate of drug-likeness (QED) is 0.695. The van der Waals surface area contributed by atoms with E-state index in [2.05, 4.69) is 11.2 Å². The molecular weight excluding hydrogens is 282 g/mol. The van der Waals surface area contributed by atoms with Crippen molar-refractivity contribution in [3.63, 3.8) is 0 Å². The Labute approximate surface area is 117 Å². The first-order valence-corrected chi connectivity index (χ1v) is 7.06. The molecule has 0 aliphatic heterocycles. The minimum absolute atomic E-state index is 0.0449. The lowest BCUT2D eigenvalue weighted by Gasteiger charge is -2.13. The molecule has 7 nitrogen and oxygen atoms in total. The minimum atomic E-state index is -3.66. The van der Waals surface area contributed by atoms with Gasteiger partial charge < -0.3 is 9.88 Å². The van der Waals surface area contributed by atoms with Crippen LogP contribution < -0.4 is 10.9 Å². The van der Waals surface area contributed by atoms with E-state index in [0.717, 1.165) is 21.1 Å². The molecule has 1 amide bonds. The van der Waals surface area contributed by atoms with Gasteiger partial charge in [0, 0.05) is 26.4 Å². The van der Waals surface area contributed by atoms with E-state index < -0.39 is 21.5 Å². The SMILES string of the molecule is C#CCNC(=O)Cn1cc(S(=O)(=O)N(C)C)ccc1=O. The summed E-state index contributed by atoms with van der Waals surface area (Å²) < 4.78 is 25.9. The topological polar surface area (TPSA) is 88.5 Å². The van der Waals surface area contributed by atoms with E-state index in [0.29, 0.717) is 0 Å². The van der Waals surface area contributed by atoms with Crippen molar-refractivity contribution in [3.8, 4) is 12.3 Å². The van der Waals surface area contributed by atoms with Crippen LogP contribution in [0.4, 0.5) is 0 Å². The number of terminal acetylenes is 1. The molecule has 8 heteroatoms. The smallest absolute Gasteiger partial charge is 0.251 e. The average molecular weight is 297 g/mol. The number of aromatic nitrogens is 1. The second-order valence-corrected chi connectivity index (χ2v) is 6.25. The molecule has 0 unspecified atom stereocenters. The number of pyridine rings is 1. The number of hydrogen-bond acceptors (Lipinski definition) is 4. The Kier molecular flexibility index (Phi) is 5.07. The maximum Gasteiger partial charge on any atom is 0.251 e. The molecular formula is C12H15N3O4S. The molecule has 0 radical (unpaired) electrons. The molecule has 1 N–H and O–H groups in total. The first-order chi connectivity index (χ1) is 9.28. The molecule has 1 aromatic rings. The fraction of sp³-hybridized carbons (Fsp3) is 0.333. The van der Waals surface area contributed by atoms with Crippen LogP contribution in [0, 0.1) is 12.3 Å². The largest absolute Gasteiger partial charge is 0.344 e. The standard InChI is InChI=1S/C12H15N3O4S/c1-4-7-13-11(16)9-15-8-10(5-6-12(15)17)20(18,19)14(2)3/h1,5-6,8H,7,9H2,2-3H3,(H,13,16). The van der Waals surface area contributed by atoms with Gasteiger partial charge in [-0.1, -0.05) is 5.92 Å². The number of rotatable bonds is 5. The molecule has 0 spiro atoms. The molecule has 0 saturated heterocycles. The summed E-state index contributed by atoms with van der Waals surface area (Å²) in [5.41, 5.74) is -0.474. The molecule has 1 rings (SSSR count). The Hall–Kier alpha value is -2.11. The summed E-state index contributed by atoms with van der Waals surface area (Å²) in [7, 11) is -0.901. The van der Waals surface area contributed by atoms with Crippen molar-refractivity contribution in [2.45, 2.75) is 11.4 Å². The lowest BCUT2D eigenvalue weighted by atomic mass is 10.4. The maximum atomic E-state index is 11.9. The van der Waals surface area contributed by atoms with E-state index in [4.69, 9.17) is 6.42 Å². The zero-order chi connectivity index (χ0) is 15.3. The number of sulfonamides is 1.